The molecule has 1 saturated carbocycles. The summed E-state index contributed by atoms with van der Waals surface area (Å²) in [5.41, 5.74) is 2.93. The zero-order chi connectivity index (χ0) is 24.7. The van der Waals surface area contributed by atoms with Crippen LogP contribution in [0.15, 0.2) is 76.8 Å². The zero-order valence-corrected chi connectivity index (χ0v) is 21.0. The topological polar surface area (TPSA) is 83.8 Å². The van der Waals surface area contributed by atoms with Crippen molar-refractivity contribution < 1.29 is 14.6 Å². The van der Waals surface area contributed by atoms with Crippen LogP contribution in [-0.4, -0.2) is 34.4 Å². The number of thioether (sulfide) groups is 1. The predicted octanol–water partition coefficient (Wildman–Crippen LogP) is 5.57. The number of rotatable bonds is 8. The van der Waals surface area contributed by atoms with E-state index in [4.69, 9.17) is 4.74 Å². The molecule has 1 atom stereocenters. The SMILES string of the molecule is O=C1N=C(N[C@@H](CO)c2ccccc2)S/C1=C\Cc1ccc2nccc(OCC3CCCCC3)c2c1. The van der Waals surface area contributed by atoms with E-state index >= 15 is 0 Å². The smallest absolute Gasteiger partial charge is 0.285 e. The molecule has 6 nitrogen and oxygen atoms in total. The van der Waals surface area contributed by atoms with Crippen LogP contribution in [0.1, 0.15) is 49.3 Å². The molecule has 1 aliphatic carbocycles. The van der Waals surface area contributed by atoms with Gasteiger partial charge in [-0.2, -0.15) is 4.99 Å². The van der Waals surface area contributed by atoms with Crippen LogP contribution in [-0.2, 0) is 11.2 Å². The van der Waals surface area contributed by atoms with Gasteiger partial charge in [0.1, 0.15) is 5.75 Å². The van der Waals surface area contributed by atoms with Crippen LogP contribution in [0, 0.1) is 5.92 Å². The van der Waals surface area contributed by atoms with Gasteiger partial charge in [-0.25, -0.2) is 0 Å². The maximum atomic E-state index is 12.5. The molecule has 1 amide bonds. The van der Waals surface area contributed by atoms with Crippen LogP contribution in [0.4, 0.5) is 0 Å². The number of carbonyl (C=O) groups is 1. The Bertz CT molecular complexity index is 1270. The van der Waals surface area contributed by atoms with Crippen molar-refractivity contribution in [1.29, 1.82) is 0 Å². The molecule has 1 fully saturated rings. The van der Waals surface area contributed by atoms with Gasteiger partial charge in [0, 0.05) is 11.6 Å². The number of benzene rings is 2. The molecule has 1 aromatic heterocycles. The maximum Gasteiger partial charge on any atom is 0.285 e. The number of hydrogen-bond donors (Lipinski definition) is 2. The lowest BCUT2D eigenvalue weighted by atomic mass is 9.90. The number of allylic oxidation sites excluding steroid dienone is 1. The summed E-state index contributed by atoms with van der Waals surface area (Å²) in [6.07, 6.45) is 10.8. The highest BCUT2D eigenvalue weighted by molar-refractivity contribution is 8.18. The van der Waals surface area contributed by atoms with Crippen LogP contribution >= 0.6 is 11.8 Å². The molecule has 0 saturated heterocycles. The Balaban J connectivity index is 1.24. The van der Waals surface area contributed by atoms with Crippen LogP contribution in [0.5, 0.6) is 5.75 Å². The van der Waals surface area contributed by atoms with Crippen LogP contribution in [0.25, 0.3) is 10.9 Å². The average Bonchev–Trinajstić information content (AvgIpc) is 3.29. The first-order valence-corrected chi connectivity index (χ1v) is 13.4. The largest absolute Gasteiger partial charge is 0.493 e. The van der Waals surface area contributed by atoms with Crippen molar-refractivity contribution in [2.24, 2.45) is 10.9 Å². The molecule has 2 N–H and O–H groups in total. The molecule has 36 heavy (non-hydrogen) atoms. The number of nitrogens with zero attached hydrogens (tertiary/aromatic N) is 2. The summed E-state index contributed by atoms with van der Waals surface area (Å²) in [4.78, 5) is 21.7. The highest BCUT2D eigenvalue weighted by Crippen LogP contribution is 2.30. The third-order valence-corrected chi connectivity index (χ3v) is 7.75. The molecule has 3 aromatic rings. The molecule has 0 bridgehead atoms. The van der Waals surface area contributed by atoms with E-state index < -0.39 is 0 Å². The number of amidine groups is 1. The summed E-state index contributed by atoms with van der Waals surface area (Å²) in [5, 5.41) is 14.5. The fraction of sp³-hybridized carbons (Fsp3) is 0.345. The van der Waals surface area contributed by atoms with E-state index in [2.05, 4.69) is 21.4 Å². The lowest BCUT2D eigenvalue weighted by molar-refractivity contribution is -0.113. The van der Waals surface area contributed by atoms with Crippen LogP contribution in [0.3, 0.4) is 0 Å². The Hall–Kier alpha value is -3.16. The number of pyridine rings is 1. The molecule has 0 radical (unpaired) electrons. The number of aromatic nitrogens is 1. The normalized spacial score (nSPS) is 18.4. The maximum absolute atomic E-state index is 12.5. The Morgan fingerprint density at radius 1 is 1.11 bits per heavy atom. The number of aliphatic imine (C=N–C) groups is 1. The quantitative estimate of drug-likeness (QED) is 0.393. The highest BCUT2D eigenvalue weighted by atomic mass is 32.2. The van der Waals surface area contributed by atoms with Gasteiger partial charge < -0.3 is 15.2 Å². The average molecular weight is 502 g/mol. The molecule has 1 aliphatic heterocycles. The molecule has 2 heterocycles. The molecule has 2 aromatic carbocycles. The Morgan fingerprint density at radius 2 is 1.94 bits per heavy atom. The Labute approximate surface area is 215 Å². The summed E-state index contributed by atoms with van der Waals surface area (Å²) >= 11 is 1.31. The standard InChI is InChI=1S/C29H31N3O3S/c33-18-25(22-9-5-2-6-10-22)31-29-32-28(34)27(36-29)14-12-20-11-13-24-23(17-20)26(15-16-30-24)35-19-21-7-3-1-4-8-21/h2,5-6,9-11,13-17,21,25,33H,1,3-4,7-8,12,18-19H2,(H,31,32,34)/b27-14-/t25-/m0/s1. The van der Waals surface area contributed by atoms with E-state index in [0.29, 0.717) is 22.4 Å². The summed E-state index contributed by atoms with van der Waals surface area (Å²) < 4.78 is 6.25. The molecule has 2 aliphatic rings. The molecule has 186 valence electrons. The van der Waals surface area contributed by atoms with Gasteiger partial charge in [-0.15, -0.1) is 0 Å². The number of aliphatic hydroxyl groups excluding tert-OH is 1. The zero-order valence-electron chi connectivity index (χ0n) is 20.2. The van der Waals surface area contributed by atoms with Gasteiger partial charge in [-0.05, 0) is 66.3 Å². The summed E-state index contributed by atoms with van der Waals surface area (Å²) in [7, 11) is 0. The van der Waals surface area contributed by atoms with Gasteiger partial charge in [0.2, 0.25) is 0 Å². The second-order valence-corrected chi connectivity index (χ2v) is 10.4. The second-order valence-electron chi connectivity index (χ2n) is 9.36. The molecule has 0 unspecified atom stereocenters. The molecular weight excluding hydrogens is 470 g/mol. The van der Waals surface area contributed by atoms with Gasteiger partial charge in [0.15, 0.2) is 5.17 Å². The molecule has 7 heteroatoms. The summed E-state index contributed by atoms with van der Waals surface area (Å²) in [6.45, 7) is 0.663. The highest BCUT2D eigenvalue weighted by Gasteiger charge is 2.24. The van der Waals surface area contributed by atoms with E-state index in [-0.39, 0.29) is 18.6 Å². The minimum atomic E-state index is -0.315. The van der Waals surface area contributed by atoms with Crippen LogP contribution < -0.4 is 10.1 Å². The molecule has 0 spiro atoms. The number of hydrogen-bond acceptors (Lipinski definition) is 6. The van der Waals surface area contributed by atoms with Crippen molar-refractivity contribution in [2.75, 3.05) is 13.2 Å². The predicted molar refractivity (Wildman–Crippen MR) is 145 cm³/mol. The van der Waals surface area contributed by atoms with Gasteiger partial charge in [-0.1, -0.05) is 61.7 Å². The minimum absolute atomic E-state index is 0.0902. The van der Waals surface area contributed by atoms with Crippen molar-refractivity contribution in [3.8, 4) is 5.75 Å². The monoisotopic (exact) mass is 501 g/mol. The first kappa shape index (κ1) is 24.5. The number of ether oxygens (including phenoxy) is 1. The summed E-state index contributed by atoms with van der Waals surface area (Å²) in [5.74, 6) is 1.25. The number of nitrogens with one attached hydrogen (secondary N) is 1. The number of fused-ring (bicyclic) bond motifs is 1. The van der Waals surface area contributed by atoms with E-state index in [1.54, 1.807) is 6.20 Å². The lowest BCUT2D eigenvalue weighted by Crippen LogP contribution is -2.27. The van der Waals surface area contributed by atoms with Crippen molar-refractivity contribution in [1.82, 2.24) is 10.3 Å². The third kappa shape index (κ3) is 5.97. The Morgan fingerprint density at radius 3 is 2.75 bits per heavy atom. The molecular formula is C29H31N3O3S. The summed E-state index contributed by atoms with van der Waals surface area (Å²) in [6, 6.07) is 17.4. The minimum Gasteiger partial charge on any atom is -0.493 e. The van der Waals surface area contributed by atoms with Crippen molar-refractivity contribution >= 4 is 33.7 Å². The van der Waals surface area contributed by atoms with Gasteiger partial charge in [0.05, 0.1) is 29.7 Å². The van der Waals surface area contributed by atoms with Gasteiger partial charge >= 0.3 is 0 Å². The van der Waals surface area contributed by atoms with E-state index in [0.717, 1.165) is 34.4 Å². The number of carbonyl (C=O) groups excluding carboxylic acids is 1. The molecule has 5 rings (SSSR count). The second kappa shape index (κ2) is 11.7. The first-order chi connectivity index (χ1) is 17.7. The van der Waals surface area contributed by atoms with Gasteiger partial charge in [-0.3, -0.25) is 9.78 Å². The van der Waals surface area contributed by atoms with E-state index in [1.807, 2.05) is 54.6 Å². The van der Waals surface area contributed by atoms with Crippen molar-refractivity contribution in [3.05, 3.63) is 82.9 Å². The fourth-order valence-corrected chi connectivity index (χ4v) is 5.61. The van der Waals surface area contributed by atoms with Crippen LogP contribution in [0.2, 0.25) is 0 Å². The van der Waals surface area contributed by atoms with E-state index in [9.17, 15) is 9.90 Å². The number of amides is 1. The first-order valence-electron chi connectivity index (χ1n) is 12.6. The third-order valence-electron chi connectivity index (χ3n) is 6.79. The number of aliphatic hydroxyl groups is 1. The van der Waals surface area contributed by atoms with Crippen molar-refractivity contribution in [3.63, 3.8) is 0 Å². The lowest BCUT2D eigenvalue weighted by Gasteiger charge is -2.22. The Kier molecular flexibility index (Phi) is 7.98. The fourth-order valence-electron chi connectivity index (χ4n) is 4.77. The van der Waals surface area contributed by atoms with E-state index in [1.165, 1.54) is 43.9 Å². The van der Waals surface area contributed by atoms with Gasteiger partial charge in [0.25, 0.3) is 5.91 Å². The van der Waals surface area contributed by atoms with Crippen molar-refractivity contribution in [2.45, 2.75) is 44.6 Å².